The Morgan fingerprint density at radius 1 is 1.58 bits per heavy atom. The predicted molar refractivity (Wildman–Crippen MR) is 78.9 cm³/mol. The predicted octanol–water partition coefficient (Wildman–Crippen LogP) is 3.86. The van der Waals surface area contributed by atoms with Crippen molar-refractivity contribution < 1.29 is 9.53 Å². The van der Waals surface area contributed by atoms with Crippen molar-refractivity contribution in [3.63, 3.8) is 0 Å². The summed E-state index contributed by atoms with van der Waals surface area (Å²) in [7, 11) is 0. The van der Waals surface area contributed by atoms with Gasteiger partial charge >= 0.3 is 0 Å². The molecule has 0 amide bonds. The van der Waals surface area contributed by atoms with Gasteiger partial charge in [0.25, 0.3) is 0 Å². The summed E-state index contributed by atoms with van der Waals surface area (Å²) < 4.78 is 6.13. The van der Waals surface area contributed by atoms with Crippen molar-refractivity contribution in [1.82, 2.24) is 0 Å². The van der Waals surface area contributed by atoms with Crippen molar-refractivity contribution in [2.75, 3.05) is 0 Å². The third kappa shape index (κ3) is 1.91. The number of allylic oxidation sites excluding steroid dienone is 1. The Kier molecular flexibility index (Phi) is 3.90. The Balaban J connectivity index is 2.44. The van der Waals surface area contributed by atoms with E-state index in [4.69, 9.17) is 27.9 Å². The number of rotatable bonds is 4. The largest absolute Gasteiger partial charge is 0.359 e. The van der Waals surface area contributed by atoms with E-state index in [9.17, 15) is 4.79 Å². The molecule has 2 nitrogen and oxygen atoms in total. The van der Waals surface area contributed by atoms with E-state index in [0.717, 1.165) is 12.0 Å². The summed E-state index contributed by atoms with van der Waals surface area (Å²) in [4.78, 5) is 11.6. The molecule has 0 aromatic rings. The Morgan fingerprint density at radius 2 is 2.21 bits per heavy atom. The Hall–Kier alpha value is -0.310. The number of alkyl halides is 2. The highest BCUT2D eigenvalue weighted by atomic mass is 35.5. The first-order valence-corrected chi connectivity index (χ1v) is 7.47. The summed E-state index contributed by atoms with van der Waals surface area (Å²) >= 11 is 13.0. The average molecular weight is 303 g/mol. The lowest BCUT2D eigenvalue weighted by Gasteiger charge is -2.47. The standard InChI is InChI=1S/C15H20Cl2O2/c1-5-6-7-14-10(4)8-11(19-14)15(17,9(2)3)13(18)12(14)16/h5,8-9,11-12H,1,6-7H2,2-4H3/t11-,12+,14+,15?/m0/s1. The third-order valence-electron chi connectivity index (χ3n) is 4.40. The van der Waals surface area contributed by atoms with Crippen molar-refractivity contribution in [3.05, 3.63) is 24.3 Å². The molecule has 2 bridgehead atoms. The van der Waals surface area contributed by atoms with Crippen LogP contribution < -0.4 is 0 Å². The fraction of sp³-hybridized carbons (Fsp3) is 0.667. The molecule has 1 saturated heterocycles. The molecule has 0 N–H and O–H groups in total. The first kappa shape index (κ1) is 15.1. The maximum absolute atomic E-state index is 12.7. The van der Waals surface area contributed by atoms with Gasteiger partial charge in [-0.3, -0.25) is 4.79 Å². The van der Waals surface area contributed by atoms with Gasteiger partial charge in [0.15, 0.2) is 5.78 Å². The number of hydrogen-bond acceptors (Lipinski definition) is 2. The molecule has 2 aliphatic rings. The van der Waals surface area contributed by atoms with Crippen LogP contribution in [0.2, 0.25) is 0 Å². The first-order valence-electron chi connectivity index (χ1n) is 6.65. The molecule has 0 aliphatic carbocycles. The van der Waals surface area contributed by atoms with Crippen molar-refractivity contribution >= 4 is 29.0 Å². The van der Waals surface area contributed by atoms with E-state index in [1.165, 1.54) is 0 Å². The molecule has 0 saturated carbocycles. The van der Waals surface area contributed by atoms with Crippen LogP contribution in [0.4, 0.5) is 0 Å². The molecule has 0 aromatic heterocycles. The number of ether oxygens (including phenoxy) is 1. The van der Waals surface area contributed by atoms with Gasteiger partial charge in [0.2, 0.25) is 0 Å². The van der Waals surface area contributed by atoms with Crippen LogP contribution in [0.15, 0.2) is 24.3 Å². The summed E-state index contributed by atoms with van der Waals surface area (Å²) in [5, 5.41) is -0.734. The van der Waals surface area contributed by atoms with Gasteiger partial charge in [0.1, 0.15) is 22.0 Å². The zero-order valence-corrected chi connectivity index (χ0v) is 13.1. The van der Waals surface area contributed by atoms with Crippen LogP contribution in [0.25, 0.3) is 0 Å². The average Bonchev–Trinajstić information content (AvgIpc) is 2.69. The zero-order chi connectivity index (χ0) is 14.4. The molecular weight excluding hydrogens is 283 g/mol. The molecule has 0 radical (unpaired) electrons. The fourth-order valence-electron chi connectivity index (χ4n) is 3.05. The smallest absolute Gasteiger partial charge is 0.178 e. The second kappa shape index (κ2) is 4.91. The van der Waals surface area contributed by atoms with Crippen LogP contribution in [-0.4, -0.2) is 27.7 Å². The Morgan fingerprint density at radius 3 is 2.74 bits per heavy atom. The highest BCUT2D eigenvalue weighted by Gasteiger charge is 2.64. The number of hydrogen-bond donors (Lipinski definition) is 0. The molecule has 2 rings (SSSR count). The van der Waals surface area contributed by atoms with Gasteiger partial charge in [-0.25, -0.2) is 0 Å². The van der Waals surface area contributed by atoms with Crippen LogP contribution in [-0.2, 0) is 9.53 Å². The molecule has 4 heteroatoms. The van der Waals surface area contributed by atoms with Gasteiger partial charge in [0.05, 0.1) is 0 Å². The number of fused-ring (bicyclic) bond motifs is 2. The van der Waals surface area contributed by atoms with Gasteiger partial charge in [-0.05, 0) is 31.3 Å². The minimum Gasteiger partial charge on any atom is -0.359 e. The number of halogens is 2. The van der Waals surface area contributed by atoms with Crippen LogP contribution in [0.5, 0.6) is 0 Å². The Bertz CT molecular complexity index is 443. The molecule has 2 heterocycles. The van der Waals surface area contributed by atoms with Crippen molar-refractivity contribution in [2.24, 2.45) is 5.92 Å². The normalized spacial score (nSPS) is 41.6. The minimum absolute atomic E-state index is 0.0347. The van der Waals surface area contributed by atoms with Crippen molar-refractivity contribution in [1.29, 1.82) is 0 Å². The summed E-state index contributed by atoms with van der Waals surface area (Å²) in [6.45, 7) is 9.54. The highest BCUT2D eigenvalue weighted by Crippen LogP contribution is 2.52. The quantitative estimate of drug-likeness (QED) is 0.582. The number of carbonyl (C=O) groups is 1. The molecule has 0 spiro atoms. The van der Waals surface area contributed by atoms with Gasteiger partial charge in [-0.2, -0.15) is 0 Å². The summed E-state index contributed by atoms with van der Waals surface area (Å²) in [5.41, 5.74) is 0.306. The van der Waals surface area contributed by atoms with E-state index < -0.39 is 15.9 Å². The number of ketones is 1. The second-order valence-corrected chi connectivity index (χ2v) is 6.82. The lowest BCUT2D eigenvalue weighted by molar-refractivity contribution is -0.147. The van der Waals surface area contributed by atoms with Crippen LogP contribution in [0.3, 0.4) is 0 Å². The summed E-state index contributed by atoms with van der Waals surface area (Å²) in [6, 6.07) is 0. The van der Waals surface area contributed by atoms with Crippen LogP contribution in [0.1, 0.15) is 33.6 Å². The zero-order valence-electron chi connectivity index (χ0n) is 11.6. The fourth-order valence-corrected chi connectivity index (χ4v) is 3.83. The van der Waals surface area contributed by atoms with Crippen LogP contribution in [0, 0.1) is 5.92 Å². The molecule has 1 fully saturated rings. The van der Waals surface area contributed by atoms with E-state index >= 15 is 0 Å². The summed E-state index contributed by atoms with van der Waals surface area (Å²) in [6.07, 6.45) is 4.82. The van der Waals surface area contributed by atoms with Gasteiger partial charge in [-0.15, -0.1) is 29.8 Å². The molecule has 1 unspecified atom stereocenters. The number of carbonyl (C=O) groups excluding carboxylic acids is 1. The molecule has 0 aromatic carbocycles. The minimum atomic E-state index is -1.05. The second-order valence-electron chi connectivity index (χ2n) is 5.75. The maximum Gasteiger partial charge on any atom is 0.178 e. The van der Waals surface area contributed by atoms with E-state index in [0.29, 0.717) is 6.42 Å². The van der Waals surface area contributed by atoms with Crippen molar-refractivity contribution in [2.45, 2.75) is 55.6 Å². The molecule has 4 atom stereocenters. The number of Topliss-reactive ketones (excluding diaryl/α,β-unsaturated/α-hetero) is 1. The molecule has 106 valence electrons. The lowest BCUT2D eigenvalue weighted by Crippen LogP contribution is -2.63. The lowest BCUT2D eigenvalue weighted by atomic mass is 9.78. The van der Waals surface area contributed by atoms with E-state index in [-0.39, 0.29) is 17.8 Å². The third-order valence-corrected chi connectivity index (χ3v) is 5.79. The molecular formula is C15H20Cl2O2. The van der Waals surface area contributed by atoms with Crippen molar-refractivity contribution in [3.8, 4) is 0 Å². The van der Waals surface area contributed by atoms with Gasteiger partial charge in [0, 0.05) is 0 Å². The monoisotopic (exact) mass is 302 g/mol. The SMILES string of the molecule is C=CCC[C@@]12O[C@@H](C=C1C)C(Cl)(C(C)C)C(=O)[C@H]2Cl. The molecule has 2 aliphatic heterocycles. The van der Waals surface area contributed by atoms with Gasteiger partial charge in [-0.1, -0.05) is 26.0 Å². The van der Waals surface area contributed by atoms with E-state index in [1.54, 1.807) is 0 Å². The molecule has 19 heavy (non-hydrogen) atoms. The highest BCUT2D eigenvalue weighted by molar-refractivity contribution is 6.44. The van der Waals surface area contributed by atoms with E-state index in [1.807, 2.05) is 32.9 Å². The van der Waals surface area contributed by atoms with Gasteiger partial charge < -0.3 is 4.74 Å². The maximum atomic E-state index is 12.7. The van der Waals surface area contributed by atoms with E-state index in [2.05, 4.69) is 6.58 Å². The first-order chi connectivity index (χ1) is 8.80. The topological polar surface area (TPSA) is 26.3 Å². The summed E-state index contributed by atoms with van der Waals surface area (Å²) in [5.74, 6) is -0.147. The van der Waals surface area contributed by atoms with Crippen LogP contribution >= 0.6 is 23.2 Å². The Labute approximate surface area is 124 Å².